The highest BCUT2D eigenvalue weighted by molar-refractivity contribution is 4.98. The van der Waals surface area contributed by atoms with Crippen molar-refractivity contribution in [2.75, 3.05) is 13.2 Å². The summed E-state index contributed by atoms with van der Waals surface area (Å²) in [5.74, 6) is -1.16. The predicted octanol–water partition coefficient (Wildman–Crippen LogP) is 1.40. The Morgan fingerprint density at radius 1 is 0.952 bits per heavy atom. The molecule has 0 aromatic carbocycles. The quantitative estimate of drug-likeness (QED) is 0.850. The highest BCUT2D eigenvalue weighted by Gasteiger charge is 2.59. The molecule has 0 aromatic heterocycles. The number of hydrogen-bond acceptors (Lipinski definition) is 6. The lowest BCUT2D eigenvalue weighted by Crippen LogP contribution is -2.42. The lowest BCUT2D eigenvalue weighted by atomic mass is 9.93. The van der Waals surface area contributed by atoms with Crippen molar-refractivity contribution in [1.82, 2.24) is 0 Å². The zero-order chi connectivity index (χ0) is 15.3. The number of aliphatic hydroxyl groups excluding tert-OH is 1. The van der Waals surface area contributed by atoms with Crippen molar-refractivity contribution in [3.05, 3.63) is 0 Å². The second-order valence-electron chi connectivity index (χ2n) is 6.99. The molecule has 5 atom stereocenters. The Hall–Kier alpha value is -0.240. The zero-order valence-corrected chi connectivity index (χ0v) is 13.2. The molecule has 0 spiro atoms. The second-order valence-corrected chi connectivity index (χ2v) is 6.99. The molecule has 0 aromatic rings. The third kappa shape index (κ3) is 3.11. The summed E-state index contributed by atoms with van der Waals surface area (Å²) in [7, 11) is 0. The highest BCUT2D eigenvalue weighted by Crippen LogP contribution is 2.44. The van der Waals surface area contributed by atoms with E-state index in [2.05, 4.69) is 0 Å². The Bertz CT molecular complexity index is 382. The van der Waals surface area contributed by atoms with Crippen molar-refractivity contribution >= 4 is 0 Å². The number of ether oxygens (including phenoxy) is 5. The molecule has 6 heteroatoms. The third-order valence-electron chi connectivity index (χ3n) is 4.29. The zero-order valence-electron chi connectivity index (χ0n) is 13.2. The summed E-state index contributed by atoms with van der Waals surface area (Å²) in [5.41, 5.74) is 0. The molecule has 3 heterocycles. The molecule has 0 amide bonds. The normalized spacial score (nSPS) is 44.1. The Kier molecular flexibility index (Phi) is 4.05. The monoisotopic (exact) mass is 302 g/mol. The first-order valence-electron chi connectivity index (χ1n) is 7.75. The van der Waals surface area contributed by atoms with Crippen LogP contribution < -0.4 is 0 Å². The van der Waals surface area contributed by atoms with E-state index in [4.69, 9.17) is 28.8 Å². The van der Waals surface area contributed by atoms with E-state index < -0.39 is 11.6 Å². The summed E-state index contributed by atoms with van der Waals surface area (Å²) in [6.07, 6.45) is 0.606. The van der Waals surface area contributed by atoms with Gasteiger partial charge in [0.1, 0.15) is 12.2 Å². The van der Waals surface area contributed by atoms with Crippen LogP contribution >= 0.6 is 0 Å². The first-order valence-corrected chi connectivity index (χ1v) is 7.75. The molecule has 1 N–H and O–H groups in total. The van der Waals surface area contributed by atoms with Gasteiger partial charge in [-0.3, -0.25) is 0 Å². The fourth-order valence-corrected chi connectivity index (χ4v) is 3.38. The summed E-state index contributed by atoms with van der Waals surface area (Å²) in [6.45, 7) is 8.30. The Morgan fingerprint density at radius 3 is 2.38 bits per heavy atom. The first-order chi connectivity index (χ1) is 9.81. The van der Waals surface area contributed by atoms with E-state index in [0.717, 1.165) is 12.8 Å². The molecule has 3 rings (SSSR count). The maximum absolute atomic E-state index is 9.08. The van der Waals surface area contributed by atoms with E-state index in [1.807, 2.05) is 27.7 Å². The van der Waals surface area contributed by atoms with Gasteiger partial charge in [0.15, 0.2) is 17.9 Å². The van der Waals surface area contributed by atoms with Crippen molar-refractivity contribution in [1.29, 1.82) is 0 Å². The molecule has 21 heavy (non-hydrogen) atoms. The molecule has 0 radical (unpaired) electrons. The van der Waals surface area contributed by atoms with Crippen LogP contribution in [0.15, 0.2) is 0 Å². The molecule has 122 valence electrons. The largest absolute Gasteiger partial charge is 0.396 e. The Balaban J connectivity index is 1.79. The lowest BCUT2D eigenvalue weighted by molar-refractivity contribution is -0.253. The van der Waals surface area contributed by atoms with Crippen molar-refractivity contribution in [3.8, 4) is 0 Å². The van der Waals surface area contributed by atoms with Gasteiger partial charge in [-0.1, -0.05) is 0 Å². The second kappa shape index (κ2) is 5.44. The third-order valence-corrected chi connectivity index (χ3v) is 4.29. The van der Waals surface area contributed by atoms with Crippen molar-refractivity contribution in [2.45, 2.75) is 76.7 Å². The van der Waals surface area contributed by atoms with Gasteiger partial charge in [0, 0.05) is 12.5 Å². The number of fused-ring (bicyclic) bond motifs is 3. The van der Waals surface area contributed by atoms with E-state index in [1.165, 1.54) is 0 Å². The van der Waals surface area contributed by atoms with Crippen LogP contribution in [-0.2, 0) is 23.7 Å². The standard InChI is InChI=1S/C15H26O6/c1-14(2)17-8-9(6-5-7-16)10-11(19-14)12-13(18-10)21-15(3,4)20-12/h9-13,16H,5-8H2,1-4H3/t9-,10+,11-,12+,13+/m0/s1. The lowest BCUT2D eigenvalue weighted by Gasteiger charge is -2.30. The minimum atomic E-state index is -0.675. The van der Waals surface area contributed by atoms with E-state index in [0.29, 0.717) is 6.61 Å². The Labute approximate surface area is 125 Å². The van der Waals surface area contributed by atoms with Crippen LogP contribution in [0.4, 0.5) is 0 Å². The van der Waals surface area contributed by atoms with Gasteiger partial charge >= 0.3 is 0 Å². The molecule has 0 aliphatic carbocycles. The summed E-state index contributed by atoms with van der Waals surface area (Å²) < 4.78 is 29.8. The number of rotatable bonds is 3. The van der Waals surface area contributed by atoms with Crippen LogP contribution in [0.2, 0.25) is 0 Å². The van der Waals surface area contributed by atoms with Crippen LogP contribution in [0.3, 0.4) is 0 Å². The molecule has 3 fully saturated rings. The van der Waals surface area contributed by atoms with Crippen molar-refractivity contribution in [3.63, 3.8) is 0 Å². The number of hydrogen-bond donors (Lipinski definition) is 1. The van der Waals surface area contributed by atoms with Crippen LogP contribution in [0.5, 0.6) is 0 Å². The Morgan fingerprint density at radius 2 is 1.67 bits per heavy atom. The summed E-state index contributed by atoms with van der Waals surface area (Å²) in [4.78, 5) is 0. The highest BCUT2D eigenvalue weighted by atomic mass is 16.8. The van der Waals surface area contributed by atoms with Gasteiger partial charge in [0.2, 0.25) is 0 Å². The average molecular weight is 302 g/mol. The minimum absolute atomic E-state index is 0.121. The van der Waals surface area contributed by atoms with Gasteiger partial charge in [-0.2, -0.15) is 0 Å². The van der Waals surface area contributed by atoms with Crippen LogP contribution in [-0.4, -0.2) is 54.5 Å². The first kappa shape index (κ1) is 15.6. The van der Waals surface area contributed by atoms with Crippen LogP contribution in [0, 0.1) is 5.92 Å². The molecule has 0 saturated carbocycles. The predicted molar refractivity (Wildman–Crippen MR) is 73.4 cm³/mol. The number of aliphatic hydroxyl groups is 1. The van der Waals surface area contributed by atoms with Crippen molar-refractivity contribution in [2.24, 2.45) is 5.92 Å². The van der Waals surface area contributed by atoms with Gasteiger partial charge < -0.3 is 28.8 Å². The summed E-state index contributed by atoms with van der Waals surface area (Å²) >= 11 is 0. The van der Waals surface area contributed by atoms with Gasteiger partial charge in [0.25, 0.3) is 0 Å². The van der Waals surface area contributed by atoms with Crippen LogP contribution in [0.1, 0.15) is 40.5 Å². The average Bonchev–Trinajstić information content (AvgIpc) is 2.78. The van der Waals surface area contributed by atoms with E-state index in [-0.39, 0.29) is 37.1 Å². The topological polar surface area (TPSA) is 66.4 Å². The summed E-state index contributed by atoms with van der Waals surface area (Å²) in [5, 5.41) is 9.08. The molecular formula is C15H26O6. The summed E-state index contributed by atoms with van der Waals surface area (Å²) in [6, 6.07) is 0. The molecular weight excluding hydrogens is 276 g/mol. The fourth-order valence-electron chi connectivity index (χ4n) is 3.38. The minimum Gasteiger partial charge on any atom is -0.396 e. The van der Waals surface area contributed by atoms with Gasteiger partial charge in [-0.05, 0) is 40.5 Å². The maximum atomic E-state index is 9.08. The molecule has 0 unspecified atom stereocenters. The van der Waals surface area contributed by atoms with Gasteiger partial charge in [0.05, 0.1) is 12.7 Å². The van der Waals surface area contributed by atoms with Crippen LogP contribution in [0.25, 0.3) is 0 Å². The molecule has 6 nitrogen and oxygen atoms in total. The smallest absolute Gasteiger partial charge is 0.190 e. The van der Waals surface area contributed by atoms with Crippen molar-refractivity contribution < 1.29 is 28.8 Å². The molecule has 3 saturated heterocycles. The SMILES string of the molecule is CC1(C)OC[C@H](CCCO)[C@H]2O[C@@H]3OC(C)(C)O[C@@H]3[C@H]2O1. The molecule has 0 bridgehead atoms. The van der Waals surface area contributed by atoms with E-state index in [1.54, 1.807) is 0 Å². The fraction of sp³-hybridized carbons (Fsp3) is 1.00. The maximum Gasteiger partial charge on any atom is 0.190 e. The van der Waals surface area contributed by atoms with Gasteiger partial charge in [-0.15, -0.1) is 0 Å². The van der Waals surface area contributed by atoms with E-state index in [9.17, 15) is 0 Å². The van der Waals surface area contributed by atoms with Gasteiger partial charge in [-0.25, -0.2) is 0 Å². The molecule has 3 aliphatic heterocycles. The molecule has 3 aliphatic rings. The van der Waals surface area contributed by atoms with E-state index >= 15 is 0 Å².